The Morgan fingerprint density at radius 2 is 1.50 bits per heavy atom. The normalized spacial score (nSPS) is 21.9. The fraction of sp³-hybridized carbons (Fsp3) is 1.00. The molecular weight excluding hydrogens is 126 g/mol. The molecule has 0 aliphatic carbocycles. The third-order valence-corrected chi connectivity index (χ3v) is 2.18. The van der Waals surface area contributed by atoms with Crippen LogP contribution in [-0.2, 0) is 0 Å². The van der Waals surface area contributed by atoms with Crippen molar-refractivity contribution in [2.75, 3.05) is 0 Å². The van der Waals surface area contributed by atoms with Gasteiger partial charge in [-0.3, -0.25) is 0 Å². The van der Waals surface area contributed by atoms with Crippen LogP contribution in [-0.4, -0.2) is 10.8 Å². The van der Waals surface area contributed by atoms with Crippen LogP contribution in [0.3, 0.4) is 0 Å². The molecule has 0 heterocycles. The van der Waals surface area contributed by atoms with E-state index in [1.165, 1.54) is 0 Å². The van der Waals surface area contributed by atoms with E-state index in [0.717, 1.165) is 0 Å². The summed E-state index contributed by atoms with van der Waals surface area (Å²) in [5.41, 5.74) is 4.53. The van der Waals surface area contributed by atoms with Crippen LogP contribution in [0.1, 0.15) is 34.6 Å². The lowest BCUT2D eigenvalue weighted by atomic mass is 9.76. The van der Waals surface area contributed by atoms with Gasteiger partial charge in [-0.15, -0.1) is 0 Å². The molecule has 62 valence electrons. The van der Waals surface area contributed by atoms with E-state index in [1.54, 1.807) is 6.92 Å². The molecule has 0 spiro atoms. The smallest absolute Gasteiger partial charge is 0.113 e. The summed E-state index contributed by atoms with van der Waals surface area (Å²) in [6, 6.07) is 0. The van der Waals surface area contributed by atoms with Crippen molar-refractivity contribution in [2.45, 2.75) is 40.3 Å². The van der Waals surface area contributed by atoms with E-state index < -0.39 is 5.72 Å². The van der Waals surface area contributed by atoms with E-state index in [0.29, 0.717) is 0 Å². The third kappa shape index (κ3) is 2.67. The molecule has 2 heteroatoms. The van der Waals surface area contributed by atoms with Crippen LogP contribution in [0.15, 0.2) is 0 Å². The quantitative estimate of drug-likeness (QED) is 0.547. The van der Waals surface area contributed by atoms with Crippen molar-refractivity contribution in [3.8, 4) is 0 Å². The molecule has 0 aromatic rings. The average molecular weight is 145 g/mol. The van der Waals surface area contributed by atoms with Gasteiger partial charge in [0.1, 0.15) is 5.72 Å². The van der Waals surface area contributed by atoms with Crippen molar-refractivity contribution in [3.63, 3.8) is 0 Å². The summed E-state index contributed by atoms with van der Waals surface area (Å²) >= 11 is 0. The largest absolute Gasteiger partial charge is 0.376 e. The molecular formula is C8H19NO. The molecule has 0 aliphatic rings. The van der Waals surface area contributed by atoms with Gasteiger partial charge in [-0.1, -0.05) is 27.7 Å². The predicted octanol–water partition coefficient (Wildman–Crippen LogP) is 1.34. The van der Waals surface area contributed by atoms with Crippen LogP contribution in [0, 0.1) is 11.3 Å². The number of rotatable bonds is 1. The van der Waals surface area contributed by atoms with Gasteiger partial charge in [0.05, 0.1) is 0 Å². The van der Waals surface area contributed by atoms with Crippen molar-refractivity contribution in [1.29, 1.82) is 0 Å². The fourth-order valence-electron chi connectivity index (χ4n) is 0.877. The van der Waals surface area contributed by atoms with Crippen LogP contribution in [0.25, 0.3) is 0 Å². The Kier molecular flexibility index (Phi) is 2.49. The molecule has 1 unspecified atom stereocenters. The van der Waals surface area contributed by atoms with E-state index in [-0.39, 0.29) is 11.3 Å². The standard InChI is InChI=1S/C8H19NO/c1-6(7(2,3)4)8(5,9)10/h6,10H,9H2,1-5H3/t6-,8?/m0/s1. The molecule has 0 fully saturated rings. The maximum absolute atomic E-state index is 9.40. The molecule has 0 saturated heterocycles. The Morgan fingerprint density at radius 3 is 1.50 bits per heavy atom. The summed E-state index contributed by atoms with van der Waals surface area (Å²) in [6.45, 7) is 9.81. The molecule has 0 aromatic carbocycles. The number of hydrogen-bond acceptors (Lipinski definition) is 2. The number of nitrogens with two attached hydrogens (primary N) is 1. The van der Waals surface area contributed by atoms with Gasteiger partial charge in [-0.25, -0.2) is 0 Å². The molecule has 0 amide bonds. The maximum atomic E-state index is 9.40. The lowest BCUT2D eigenvalue weighted by molar-refractivity contribution is -0.0332. The fourth-order valence-corrected chi connectivity index (χ4v) is 0.877. The summed E-state index contributed by atoms with van der Waals surface area (Å²) in [6.07, 6.45) is 0. The molecule has 10 heavy (non-hydrogen) atoms. The summed E-state index contributed by atoms with van der Waals surface area (Å²) < 4.78 is 0. The van der Waals surface area contributed by atoms with Gasteiger partial charge < -0.3 is 10.8 Å². The lowest BCUT2D eigenvalue weighted by Crippen LogP contribution is -2.47. The highest BCUT2D eigenvalue weighted by molar-refractivity contribution is 4.81. The van der Waals surface area contributed by atoms with Gasteiger partial charge in [0.2, 0.25) is 0 Å². The molecule has 2 nitrogen and oxygen atoms in total. The summed E-state index contributed by atoms with van der Waals surface area (Å²) in [7, 11) is 0. The Hall–Kier alpha value is -0.0800. The van der Waals surface area contributed by atoms with Gasteiger partial charge >= 0.3 is 0 Å². The number of hydrogen-bond donors (Lipinski definition) is 2. The van der Waals surface area contributed by atoms with Crippen molar-refractivity contribution < 1.29 is 5.11 Å². The Balaban J connectivity index is 4.23. The molecule has 0 bridgehead atoms. The van der Waals surface area contributed by atoms with Crippen molar-refractivity contribution in [3.05, 3.63) is 0 Å². The minimum atomic E-state index is -1.06. The Morgan fingerprint density at radius 1 is 1.20 bits per heavy atom. The summed E-state index contributed by atoms with van der Waals surface area (Å²) in [5.74, 6) is 0.0972. The third-order valence-electron chi connectivity index (χ3n) is 2.18. The maximum Gasteiger partial charge on any atom is 0.113 e. The minimum absolute atomic E-state index is 0.0677. The highest BCUT2D eigenvalue weighted by Gasteiger charge is 2.32. The van der Waals surface area contributed by atoms with E-state index in [2.05, 4.69) is 20.8 Å². The van der Waals surface area contributed by atoms with Gasteiger partial charge in [-0.05, 0) is 12.3 Å². The van der Waals surface area contributed by atoms with E-state index in [9.17, 15) is 5.11 Å². The zero-order chi connectivity index (χ0) is 8.58. The summed E-state index contributed by atoms with van der Waals surface area (Å²) in [5, 5.41) is 9.40. The second kappa shape index (κ2) is 2.51. The van der Waals surface area contributed by atoms with Crippen LogP contribution in [0.5, 0.6) is 0 Å². The van der Waals surface area contributed by atoms with Crippen LogP contribution >= 0.6 is 0 Å². The molecule has 0 saturated carbocycles. The van der Waals surface area contributed by atoms with Gasteiger partial charge in [0, 0.05) is 5.92 Å². The molecule has 0 aliphatic heterocycles. The van der Waals surface area contributed by atoms with Gasteiger partial charge in [-0.2, -0.15) is 0 Å². The number of aliphatic hydroxyl groups is 1. The molecule has 0 aromatic heterocycles. The first-order chi connectivity index (χ1) is 4.15. The van der Waals surface area contributed by atoms with Crippen molar-refractivity contribution in [1.82, 2.24) is 0 Å². The Bertz CT molecular complexity index is 93.4. The molecule has 0 rings (SSSR count). The van der Waals surface area contributed by atoms with E-state index in [4.69, 9.17) is 5.73 Å². The molecule has 0 radical (unpaired) electrons. The van der Waals surface area contributed by atoms with Gasteiger partial charge in [0.15, 0.2) is 0 Å². The predicted molar refractivity (Wildman–Crippen MR) is 43.4 cm³/mol. The van der Waals surface area contributed by atoms with Crippen molar-refractivity contribution >= 4 is 0 Å². The highest BCUT2D eigenvalue weighted by Crippen LogP contribution is 2.31. The molecule has 2 atom stereocenters. The van der Waals surface area contributed by atoms with Crippen LogP contribution in [0.4, 0.5) is 0 Å². The van der Waals surface area contributed by atoms with E-state index >= 15 is 0 Å². The monoisotopic (exact) mass is 145 g/mol. The van der Waals surface area contributed by atoms with Gasteiger partial charge in [0.25, 0.3) is 0 Å². The van der Waals surface area contributed by atoms with Crippen molar-refractivity contribution in [2.24, 2.45) is 17.1 Å². The average Bonchev–Trinajstić information content (AvgIpc) is 1.59. The first-order valence-electron chi connectivity index (χ1n) is 3.67. The Labute approximate surface area is 63.4 Å². The lowest BCUT2D eigenvalue weighted by Gasteiger charge is -2.36. The first kappa shape index (κ1) is 9.92. The first-order valence-corrected chi connectivity index (χ1v) is 3.67. The minimum Gasteiger partial charge on any atom is -0.376 e. The van der Waals surface area contributed by atoms with E-state index in [1.807, 2.05) is 6.92 Å². The SMILES string of the molecule is C[C@@H](C(C)(C)C)C(C)(N)O. The topological polar surface area (TPSA) is 46.2 Å². The second-order valence-electron chi connectivity index (χ2n) is 4.31. The second-order valence-corrected chi connectivity index (χ2v) is 4.31. The highest BCUT2D eigenvalue weighted by atomic mass is 16.3. The summed E-state index contributed by atoms with van der Waals surface area (Å²) in [4.78, 5) is 0. The zero-order valence-corrected chi connectivity index (χ0v) is 7.60. The van der Waals surface area contributed by atoms with Crippen LogP contribution < -0.4 is 5.73 Å². The van der Waals surface area contributed by atoms with Crippen LogP contribution in [0.2, 0.25) is 0 Å². The zero-order valence-electron chi connectivity index (χ0n) is 7.60. The molecule has 3 N–H and O–H groups in total.